The molecule has 28 heavy (non-hydrogen) atoms. The summed E-state index contributed by atoms with van der Waals surface area (Å²) in [5, 5.41) is 23.8. The lowest BCUT2D eigenvalue weighted by Crippen LogP contribution is -2.32. The lowest BCUT2D eigenvalue weighted by molar-refractivity contribution is -0.128. The first-order valence-electron chi connectivity index (χ1n) is 9.16. The quantitative estimate of drug-likeness (QED) is 0.657. The van der Waals surface area contributed by atoms with Crippen LogP contribution in [0.25, 0.3) is 0 Å². The first kappa shape index (κ1) is 18.7. The Balaban J connectivity index is 1.45. The van der Waals surface area contributed by atoms with E-state index in [1.165, 1.54) is 11.8 Å². The fraction of sp³-hybridized carbons (Fsp3) is 0.368. The van der Waals surface area contributed by atoms with Crippen LogP contribution in [-0.4, -0.2) is 52.8 Å². The summed E-state index contributed by atoms with van der Waals surface area (Å²) in [6.07, 6.45) is 1.68. The fourth-order valence-electron chi connectivity index (χ4n) is 3.26. The highest BCUT2D eigenvalue weighted by Crippen LogP contribution is 2.24. The molecule has 0 spiro atoms. The van der Waals surface area contributed by atoms with Crippen molar-refractivity contribution in [2.75, 3.05) is 12.3 Å². The molecule has 0 saturated heterocycles. The standard InChI is InChI=1S/C19H22N6O2S/c1-23-13-20-21-19(23)28-12-17(26)24-8-5-9-25-15(11-24)10-16(22-25)18(27)14-6-3-2-4-7-14/h2-4,6-7,10,13,18,27H,5,8-9,11-12H2,1H3. The van der Waals surface area contributed by atoms with Crippen LogP contribution >= 0.6 is 11.8 Å². The minimum atomic E-state index is -0.767. The van der Waals surface area contributed by atoms with E-state index in [1.807, 2.05) is 53.0 Å². The van der Waals surface area contributed by atoms with Crippen molar-refractivity contribution in [3.05, 3.63) is 59.7 Å². The maximum Gasteiger partial charge on any atom is 0.233 e. The van der Waals surface area contributed by atoms with Crippen molar-refractivity contribution in [2.24, 2.45) is 7.05 Å². The Hall–Kier alpha value is -2.65. The Kier molecular flexibility index (Phi) is 5.45. The number of rotatable bonds is 5. The number of hydrogen-bond donors (Lipinski definition) is 1. The average molecular weight is 398 g/mol. The van der Waals surface area contributed by atoms with Gasteiger partial charge in [0, 0.05) is 20.1 Å². The first-order chi connectivity index (χ1) is 13.6. The van der Waals surface area contributed by atoms with E-state index >= 15 is 0 Å². The lowest BCUT2D eigenvalue weighted by Gasteiger charge is -2.19. The van der Waals surface area contributed by atoms with Crippen LogP contribution < -0.4 is 0 Å². The van der Waals surface area contributed by atoms with E-state index in [0.29, 0.717) is 24.5 Å². The molecule has 9 heteroatoms. The van der Waals surface area contributed by atoms with Crippen molar-refractivity contribution in [1.29, 1.82) is 0 Å². The number of aliphatic hydroxyl groups is 1. The molecule has 146 valence electrons. The predicted molar refractivity (Wildman–Crippen MR) is 104 cm³/mol. The summed E-state index contributed by atoms with van der Waals surface area (Å²) in [6, 6.07) is 11.4. The topological polar surface area (TPSA) is 89.1 Å². The Labute approximate surface area is 167 Å². The third-order valence-corrected chi connectivity index (χ3v) is 5.79. The smallest absolute Gasteiger partial charge is 0.233 e. The Morgan fingerprint density at radius 3 is 2.86 bits per heavy atom. The van der Waals surface area contributed by atoms with Gasteiger partial charge in [-0.25, -0.2) is 0 Å². The van der Waals surface area contributed by atoms with Crippen LogP contribution in [0, 0.1) is 0 Å². The van der Waals surface area contributed by atoms with E-state index in [9.17, 15) is 9.90 Å². The second-order valence-corrected chi connectivity index (χ2v) is 7.72. The molecule has 1 amide bonds. The molecule has 8 nitrogen and oxygen atoms in total. The third-order valence-electron chi connectivity index (χ3n) is 4.78. The van der Waals surface area contributed by atoms with Crippen LogP contribution in [0.4, 0.5) is 0 Å². The zero-order chi connectivity index (χ0) is 19.5. The van der Waals surface area contributed by atoms with Gasteiger partial charge in [0.05, 0.1) is 23.7 Å². The molecular weight excluding hydrogens is 376 g/mol. The van der Waals surface area contributed by atoms with Gasteiger partial charge in [-0.05, 0) is 18.1 Å². The summed E-state index contributed by atoms with van der Waals surface area (Å²) in [6.45, 7) is 1.92. The molecule has 1 N–H and O–H groups in total. The Morgan fingerprint density at radius 2 is 2.11 bits per heavy atom. The van der Waals surface area contributed by atoms with E-state index < -0.39 is 6.10 Å². The highest BCUT2D eigenvalue weighted by molar-refractivity contribution is 7.99. The lowest BCUT2D eigenvalue weighted by atomic mass is 10.1. The molecule has 1 aromatic carbocycles. The van der Waals surface area contributed by atoms with Crippen LogP contribution in [0.1, 0.15) is 29.5 Å². The number of fused-ring (bicyclic) bond motifs is 1. The second kappa shape index (κ2) is 8.15. The second-order valence-electron chi connectivity index (χ2n) is 6.78. The van der Waals surface area contributed by atoms with E-state index in [4.69, 9.17) is 0 Å². The highest BCUT2D eigenvalue weighted by Gasteiger charge is 2.23. The van der Waals surface area contributed by atoms with Gasteiger partial charge in [0.25, 0.3) is 0 Å². The number of aryl methyl sites for hydroxylation is 2. The zero-order valence-corrected chi connectivity index (χ0v) is 16.4. The molecule has 0 fully saturated rings. The zero-order valence-electron chi connectivity index (χ0n) is 15.6. The SMILES string of the molecule is Cn1cnnc1SCC(=O)N1CCCn2nc(C(O)c3ccccc3)cc2C1. The number of carbonyl (C=O) groups is 1. The molecule has 2 aromatic heterocycles. The molecule has 3 aromatic rings. The monoisotopic (exact) mass is 398 g/mol. The average Bonchev–Trinajstić information content (AvgIpc) is 3.26. The number of benzene rings is 1. The maximum atomic E-state index is 12.7. The van der Waals surface area contributed by atoms with E-state index in [1.54, 1.807) is 10.9 Å². The molecule has 4 rings (SSSR count). The summed E-state index contributed by atoms with van der Waals surface area (Å²) in [5.74, 6) is 0.382. The number of hydrogen-bond acceptors (Lipinski definition) is 6. The number of aliphatic hydroxyl groups excluding tert-OH is 1. The van der Waals surface area contributed by atoms with Gasteiger partial charge in [0.1, 0.15) is 12.4 Å². The molecule has 1 atom stereocenters. The van der Waals surface area contributed by atoms with Crippen molar-refractivity contribution in [3.63, 3.8) is 0 Å². The summed E-state index contributed by atoms with van der Waals surface area (Å²) in [5.41, 5.74) is 2.37. The maximum absolute atomic E-state index is 12.7. The van der Waals surface area contributed by atoms with Gasteiger partial charge in [-0.2, -0.15) is 5.10 Å². The summed E-state index contributed by atoms with van der Waals surface area (Å²) in [4.78, 5) is 14.5. The normalized spacial score (nSPS) is 15.1. The van der Waals surface area contributed by atoms with E-state index in [0.717, 1.165) is 29.4 Å². The number of nitrogens with zero attached hydrogens (tertiary/aromatic N) is 6. The van der Waals surface area contributed by atoms with Crippen molar-refractivity contribution >= 4 is 17.7 Å². The van der Waals surface area contributed by atoms with Crippen molar-refractivity contribution in [3.8, 4) is 0 Å². The van der Waals surface area contributed by atoms with Crippen LogP contribution in [-0.2, 0) is 24.9 Å². The van der Waals surface area contributed by atoms with Crippen LogP contribution in [0.15, 0.2) is 47.9 Å². The van der Waals surface area contributed by atoms with Crippen molar-refractivity contribution in [1.82, 2.24) is 29.4 Å². The van der Waals surface area contributed by atoms with E-state index in [-0.39, 0.29) is 5.91 Å². The van der Waals surface area contributed by atoms with Crippen LogP contribution in [0.3, 0.4) is 0 Å². The van der Waals surface area contributed by atoms with Crippen molar-refractivity contribution < 1.29 is 9.90 Å². The predicted octanol–water partition coefficient (Wildman–Crippen LogP) is 1.62. The van der Waals surface area contributed by atoms with E-state index in [2.05, 4.69) is 15.3 Å². The van der Waals surface area contributed by atoms with Gasteiger partial charge in [-0.3, -0.25) is 9.48 Å². The fourth-order valence-corrected chi connectivity index (χ4v) is 4.05. The molecule has 0 saturated carbocycles. The van der Waals surface area contributed by atoms with Gasteiger partial charge in [-0.15, -0.1) is 10.2 Å². The summed E-state index contributed by atoms with van der Waals surface area (Å²) >= 11 is 1.39. The largest absolute Gasteiger partial charge is 0.382 e. The molecule has 1 aliphatic heterocycles. The van der Waals surface area contributed by atoms with Crippen LogP contribution in [0.2, 0.25) is 0 Å². The minimum Gasteiger partial charge on any atom is -0.382 e. The van der Waals surface area contributed by atoms with Crippen molar-refractivity contribution in [2.45, 2.75) is 30.8 Å². The summed E-state index contributed by atoms with van der Waals surface area (Å²) in [7, 11) is 1.86. The number of thioether (sulfide) groups is 1. The minimum absolute atomic E-state index is 0.0628. The Morgan fingerprint density at radius 1 is 1.29 bits per heavy atom. The third kappa shape index (κ3) is 3.95. The number of aromatic nitrogens is 5. The van der Waals surface area contributed by atoms with Crippen LogP contribution in [0.5, 0.6) is 0 Å². The Bertz CT molecular complexity index is 955. The number of carbonyl (C=O) groups excluding carboxylic acids is 1. The molecule has 3 heterocycles. The van der Waals surface area contributed by atoms with Gasteiger partial charge in [0.15, 0.2) is 5.16 Å². The molecule has 1 unspecified atom stereocenters. The number of amides is 1. The van der Waals surface area contributed by atoms with Gasteiger partial charge >= 0.3 is 0 Å². The molecule has 0 aliphatic carbocycles. The summed E-state index contributed by atoms with van der Waals surface area (Å²) < 4.78 is 3.71. The van der Waals surface area contributed by atoms with Gasteiger partial charge in [-0.1, -0.05) is 42.1 Å². The highest BCUT2D eigenvalue weighted by atomic mass is 32.2. The molecule has 1 aliphatic rings. The molecular formula is C19H22N6O2S. The first-order valence-corrected chi connectivity index (χ1v) is 10.1. The van der Waals surface area contributed by atoms with Gasteiger partial charge in [0.2, 0.25) is 5.91 Å². The molecule has 0 radical (unpaired) electrons. The molecule has 0 bridgehead atoms. The van der Waals surface area contributed by atoms with Gasteiger partial charge < -0.3 is 14.6 Å².